The van der Waals surface area contributed by atoms with Crippen molar-refractivity contribution in [2.45, 2.75) is 148 Å². The second-order valence-corrected chi connectivity index (χ2v) is 14.3. The van der Waals surface area contributed by atoms with Gasteiger partial charge in [-0.2, -0.15) is 0 Å². The Morgan fingerprint density at radius 1 is 0.582 bits per heavy atom. The maximum Gasteiger partial charge on any atom is 0.469 e. The van der Waals surface area contributed by atoms with E-state index in [4.69, 9.17) is 19.3 Å². The van der Waals surface area contributed by atoms with Crippen molar-refractivity contribution in [1.29, 1.82) is 0 Å². The highest BCUT2D eigenvalue weighted by Crippen LogP contribution is 2.36. The third kappa shape index (κ3) is 41.7. The summed E-state index contributed by atoms with van der Waals surface area (Å²) < 4.78 is 26.3. The Hall–Kier alpha value is -3.33. The van der Waals surface area contributed by atoms with Gasteiger partial charge in [0.15, 0.2) is 6.10 Å². The van der Waals surface area contributed by atoms with Crippen LogP contribution in [-0.4, -0.2) is 52.3 Å². The molecule has 9 nitrogen and oxygen atoms in total. The number of ether oxygens (including phenoxy) is 2. The van der Waals surface area contributed by atoms with Crippen LogP contribution in [0, 0.1) is 0 Å². The van der Waals surface area contributed by atoms with Gasteiger partial charge in [0.25, 0.3) is 0 Å². The Kier molecular flexibility index (Phi) is 36.6. The number of phosphoric acid groups is 1. The normalized spacial score (nSPS) is 14.2. The lowest BCUT2D eigenvalue weighted by Crippen LogP contribution is -2.29. The molecule has 2 atom stereocenters. The smallest absolute Gasteiger partial charge is 0.462 e. The van der Waals surface area contributed by atoms with E-state index >= 15 is 0 Å². The van der Waals surface area contributed by atoms with E-state index in [0.717, 1.165) is 89.9 Å². The van der Waals surface area contributed by atoms with Gasteiger partial charge in [-0.15, -0.1) is 0 Å². The van der Waals surface area contributed by atoms with Crippen molar-refractivity contribution in [2.75, 3.05) is 13.2 Å². The minimum atomic E-state index is -4.79. The molecule has 0 aromatic heterocycles. The molecule has 0 aliphatic rings. The maximum absolute atomic E-state index is 12.4. The second kappa shape index (κ2) is 38.9. The van der Waals surface area contributed by atoms with E-state index in [2.05, 4.69) is 91.3 Å². The van der Waals surface area contributed by atoms with Gasteiger partial charge in [-0.1, -0.05) is 149 Å². The SMILES string of the molecule is CC/C=C\C/C=C\C/C=C\C/C=C\C/C=C\CCCCCC(=O)O[C@H](COC(=O)CCC/C=C\C/C=C\C/C=C\C=C\[C@H](O)CCCCC)COP(=O)(O)O. The number of carbonyl (C=O) groups is 2. The van der Waals surface area contributed by atoms with Crippen molar-refractivity contribution >= 4 is 19.8 Å². The molecule has 0 spiro atoms. The predicted molar refractivity (Wildman–Crippen MR) is 226 cm³/mol. The van der Waals surface area contributed by atoms with Crippen LogP contribution in [0.25, 0.3) is 0 Å². The van der Waals surface area contributed by atoms with Crippen LogP contribution in [0.2, 0.25) is 0 Å². The molecule has 0 aromatic rings. The lowest BCUT2D eigenvalue weighted by molar-refractivity contribution is -0.161. The van der Waals surface area contributed by atoms with Gasteiger partial charge in [-0.25, -0.2) is 4.57 Å². The zero-order valence-electron chi connectivity index (χ0n) is 33.6. The first-order valence-electron chi connectivity index (χ1n) is 20.3. The largest absolute Gasteiger partial charge is 0.469 e. The standard InChI is InChI=1S/C45H71O9P/c1-3-5-7-8-9-10-11-12-13-14-15-16-17-18-21-25-28-31-35-39-45(48)54-43(41-53-55(49,50)51)40-52-44(47)38-34-30-27-24-22-19-20-23-26-29-33-37-42(46)36-32-6-4-2/h5,7,9-10,12-13,15-16,18-21,24,26-27,29,33,37,42-43,46H,3-4,6,8,11,14,17,22-23,25,28,30-32,34-36,38-41H2,1-2H3,(H2,49,50,51)/b7-5-,10-9-,13-12-,16-15-,20-19-,21-18-,27-24-,29-26-,37-33+/t42-,43-/m1/s1. The molecule has 0 bridgehead atoms. The first kappa shape index (κ1) is 51.7. The summed E-state index contributed by atoms with van der Waals surface area (Å²) in [5.41, 5.74) is 0. The Morgan fingerprint density at radius 2 is 1.11 bits per heavy atom. The van der Waals surface area contributed by atoms with Gasteiger partial charge in [0.2, 0.25) is 0 Å². The average molecular weight is 787 g/mol. The molecule has 0 aliphatic carbocycles. The maximum atomic E-state index is 12.4. The van der Waals surface area contributed by atoms with Crippen LogP contribution in [0.4, 0.5) is 0 Å². The van der Waals surface area contributed by atoms with Crippen molar-refractivity contribution in [1.82, 2.24) is 0 Å². The summed E-state index contributed by atoms with van der Waals surface area (Å²) in [5.74, 6) is -1.03. The zero-order valence-corrected chi connectivity index (χ0v) is 34.5. The third-order valence-corrected chi connectivity index (χ3v) is 8.36. The molecule has 3 N–H and O–H groups in total. The van der Waals surface area contributed by atoms with Gasteiger partial charge in [0.1, 0.15) is 6.61 Å². The number of hydrogen-bond donors (Lipinski definition) is 3. The van der Waals surface area contributed by atoms with Crippen LogP contribution in [0.15, 0.2) is 109 Å². The predicted octanol–water partition coefficient (Wildman–Crippen LogP) is 11.4. The number of unbranched alkanes of at least 4 members (excludes halogenated alkanes) is 6. The molecule has 0 aromatic carbocycles. The number of aliphatic hydroxyl groups is 1. The number of carbonyl (C=O) groups excluding carboxylic acids is 2. The van der Waals surface area contributed by atoms with Crippen molar-refractivity contribution in [3.63, 3.8) is 0 Å². The summed E-state index contributed by atoms with van der Waals surface area (Å²) in [7, 11) is -4.79. The summed E-state index contributed by atoms with van der Waals surface area (Å²) in [6, 6.07) is 0. The Morgan fingerprint density at radius 3 is 1.67 bits per heavy atom. The fourth-order valence-electron chi connectivity index (χ4n) is 4.85. The first-order valence-corrected chi connectivity index (χ1v) is 21.8. The Labute approximate surface area is 332 Å². The molecular formula is C45H71O9P. The van der Waals surface area contributed by atoms with Crippen molar-refractivity contribution in [3.8, 4) is 0 Å². The van der Waals surface area contributed by atoms with Crippen LogP contribution in [0.1, 0.15) is 136 Å². The number of phosphoric ester groups is 1. The van der Waals surface area contributed by atoms with Gasteiger partial charge >= 0.3 is 19.8 Å². The summed E-state index contributed by atoms with van der Waals surface area (Å²) in [6.07, 6.45) is 51.4. The molecule has 55 heavy (non-hydrogen) atoms. The molecule has 0 amide bonds. The van der Waals surface area contributed by atoms with Gasteiger partial charge in [-0.05, 0) is 83.5 Å². The summed E-state index contributed by atoms with van der Waals surface area (Å²) in [4.78, 5) is 42.8. The van der Waals surface area contributed by atoms with Gasteiger partial charge in [0.05, 0.1) is 12.7 Å². The second-order valence-electron chi connectivity index (χ2n) is 13.1. The van der Waals surface area contributed by atoms with Crippen LogP contribution >= 0.6 is 7.82 Å². The highest BCUT2D eigenvalue weighted by atomic mass is 31.2. The lowest BCUT2D eigenvalue weighted by atomic mass is 10.1. The quantitative estimate of drug-likeness (QED) is 0.0188. The molecule has 0 aliphatic heterocycles. The molecule has 0 saturated heterocycles. The van der Waals surface area contributed by atoms with Gasteiger partial charge < -0.3 is 24.4 Å². The molecule has 310 valence electrons. The summed E-state index contributed by atoms with van der Waals surface area (Å²) in [5, 5.41) is 9.87. The van der Waals surface area contributed by atoms with Crippen LogP contribution in [0.5, 0.6) is 0 Å². The van der Waals surface area contributed by atoms with E-state index in [-0.39, 0.29) is 25.6 Å². The van der Waals surface area contributed by atoms with Crippen molar-refractivity contribution in [3.05, 3.63) is 109 Å². The average Bonchev–Trinajstić information content (AvgIpc) is 3.15. The van der Waals surface area contributed by atoms with Gasteiger partial charge in [0, 0.05) is 12.8 Å². The van der Waals surface area contributed by atoms with Crippen molar-refractivity contribution < 1.29 is 43.0 Å². The lowest BCUT2D eigenvalue weighted by Gasteiger charge is -2.18. The zero-order chi connectivity index (χ0) is 40.5. The van der Waals surface area contributed by atoms with E-state index in [0.29, 0.717) is 19.3 Å². The van der Waals surface area contributed by atoms with E-state index in [1.165, 1.54) is 0 Å². The molecule has 0 rings (SSSR count). The summed E-state index contributed by atoms with van der Waals surface area (Å²) >= 11 is 0. The molecule has 0 saturated carbocycles. The molecule has 0 fully saturated rings. The molecular weight excluding hydrogens is 715 g/mol. The minimum Gasteiger partial charge on any atom is -0.462 e. The Bertz CT molecular complexity index is 1270. The number of aliphatic hydroxyl groups excluding tert-OH is 1. The third-order valence-electron chi connectivity index (χ3n) is 7.88. The number of esters is 2. The number of hydrogen-bond acceptors (Lipinski definition) is 7. The molecule has 0 heterocycles. The first-order chi connectivity index (χ1) is 26.7. The van der Waals surface area contributed by atoms with Crippen LogP contribution < -0.4 is 0 Å². The molecule has 10 heteroatoms. The fraction of sp³-hybridized carbons (Fsp3) is 0.556. The van der Waals surface area contributed by atoms with Gasteiger partial charge in [-0.3, -0.25) is 14.1 Å². The van der Waals surface area contributed by atoms with E-state index in [9.17, 15) is 19.3 Å². The molecule has 0 unspecified atom stereocenters. The number of rotatable bonds is 35. The summed E-state index contributed by atoms with van der Waals surface area (Å²) in [6.45, 7) is 3.35. The highest BCUT2D eigenvalue weighted by molar-refractivity contribution is 7.46. The minimum absolute atomic E-state index is 0.145. The fourth-order valence-corrected chi connectivity index (χ4v) is 5.21. The number of allylic oxidation sites excluding steroid dienone is 17. The molecule has 0 radical (unpaired) electrons. The Balaban J connectivity index is 4.18. The van der Waals surface area contributed by atoms with E-state index in [1.54, 1.807) is 0 Å². The van der Waals surface area contributed by atoms with E-state index < -0.39 is 32.5 Å². The van der Waals surface area contributed by atoms with Crippen LogP contribution in [0.3, 0.4) is 0 Å². The highest BCUT2D eigenvalue weighted by Gasteiger charge is 2.22. The van der Waals surface area contributed by atoms with Crippen molar-refractivity contribution in [2.24, 2.45) is 0 Å². The van der Waals surface area contributed by atoms with E-state index in [1.807, 2.05) is 36.5 Å². The monoisotopic (exact) mass is 786 g/mol. The van der Waals surface area contributed by atoms with Crippen LogP contribution in [-0.2, 0) is 28.2 Å². The topological polar surface area (TPSA) is 140 Å².